The van der Waals surface area contributed by atoms with Gasteiger partial charge in [0.15, 0.2) is 0 Å². The van der Waals surface area contributed by atoms with Crippen molar-refractivity contribution >= 4 is 17.3 Å². The summed E-state index contributed by atoms with van der Waals surface area (Å²) in [5, 5.41) is 10.2. The zero-order valence-corrected chi connectivity index (χ0v) is 12.7. The van der Waals surface area contributed by atoms with Crippen molar-refractivity contribution < 1.29 is 14.6 Å². The number of aromatic nitrogens is 1. The van der Waals surface area contributed by atoms with Crippen LogP contribution in [-0.4, -0.2) is 23.2 Å². The van der Waals surface area contributed by atoms with Gasteiger partial charge in [-0.1, -0.05) is 24.3 Å². The van der Waals surface area contributed by atoms with Crippen LogP contribution in [0.2, 0.25) is 0 Å². The average Bonchev–Trinajstić information content (AvgIpc) is 2.91. The highest BCUT2D eigenvalue weighted by molar-refractivity contribution is 7.13. The maximum atomic E-state index is 11.4. The fraction of sp³-hybridized carbons (Fsp3) is 0.375. The highest BCUT2D eigenvalue weighted by Gasteiger charge is 2.27. The minimum absolute atomic E-state index is 0.212. The SMILES string of the molecule is COCc1nc(C2CCCc3ccccc32)sc1C(=O)O. The summed E-state index contributed by atoms with van der Waals surface area (Å²) < 4.78 is 5.07. The molecule has 1 aliphatic rings. The van der Waals surface area contributed by atoms with Crippen LogP contribution in [0.15, 0.2) is 24.3 Å². The van der Waals surface area contributed by atoms with Gasteiger partial charge in [0, 0.05) is 13.0 Å². The molecule has 1 atom stereocenters. The maximum Gasteiger partial charge on any atom is 0.347 e. The highest BCUT2D eigenvalue weighted by atomic mass is 32.1. The Morgan fingerprint density at radius 3 is 3.05 bits per heavy atom. The average molecular weight is 303 g/mol. The van der Waals surface area contributed by atoms with Crippen molar-refractivity contribution in [1.82, 2.24) is 4.98 Å². The van der Waals surface area contributed by atoms with Gasteiger partial charge in [-0.25, -0.2) is 9.78 Å². The first-order chi connectivity index (χ1) is 10.2. The second kappa shape index (κ2) is 5.95. The molecule has 0 aliphatic heterocycles. The number of ether oxygens (including phenoxy) is 1. The van der Waals surface area contributed by atoms with Crippen molar-refractivity contribution in [3.05, 3.63) is 51.0 Å². The van der Waals surface area contributed by atoms with Gasteiger partial charge in [-0.2, -0.15) is 0 Å². The van der Waals surface area contributed by atoms with Gasteiger partial charge >= 0.3 is 5.97 Å². The Balaban J connectivity index is 2.02. The van der Waals surface area contributed by atoms with E-state index in [1.807, 2.05) is 6.07 Å². The number of fused-ring (bicyclic) bond motifs is 1. The van der Waals surface area contributed by atoms with Gasteiger partial charge in [-0.05, 0) is 30.4 Å². The quantitative estimate of drug-likeness (QED) is 0.939. The molecule has 5 heteroatoms. The van der Waals surface area contributed by atoms with E-state index in [9.17, 15) is 9.90 Å². The largest absolute Gasteiger partial charge is 0.477 e. The molecule has 0 spiro atoms. The number of hydrogen-bond donors (Lipinski definition) is 1. The molecule has 1 aromatic heterocycles. The summed E-state index contributed by atoms with van der Waals surface area (Å²) in [5.74, 6) is -0.710. The summed E-state index contributed by atoms with van der Waals surface area (Å²) in [5.41, 5.74) is 3.18. The molecular formula is C16H17NO3S. The Morgan fingerprint density at radius 2 is 2.29 bits per heavy atom. The van der Waals surface area contributed by atoms with Gasteiger partial charge in [-0.15, -0.1) is 11.3 Å². The molecule has 110 valence electrons. The van der Waals surface area contributed by atoms with Gasteiger partial charge < -0.3 is 9.84 Å². The van der Waals surface area contributed by atoms with E-state index in [-0.39, 0.29) is 12.5 Å². The summed E-state index contributed by atoms with van der Waals surface area (Å²) >= 11 is 1.29. The lowest BCUT2D eigenvalue weighted by Crippen LogP contribution is -2.10. The Labute approximate surface area is 127 Å². The van der Waals surface area contributed by atoms with E-state index >= 15 is 0 Å². The van der Waals surface area contributed by atoms with Gasteiger partial charge in [-0.3, -0.25) is 0 Å². The number of benzene rings is 1. The molecule has 1 heterocycles. The number of rotatable bonds is 4. The Kier molecular flexibility index (Phi) is 4.03. The summed E-state index contributed by atoms with van der Waals surface area (Å²) in [6, 6.07) is 8.39. The first-order valence-electron chi connectivity index (χ1n) is 7.00. The molecule has 0 bridgehead atoms. The second-order valence-electron chi connectivity index (χ2n) is 5.21. The molecule has 0 saturated heterocycles. The number of thiazole rings is 1. The Hall–Kier alpha value is -1.72. The summed E-state index contributed by atoms with van der Waals surface area (Å²) in [4.78, 5) is 16.2. The molecule has 3 rings (SSSR count). The fourth-order valence-electron chi connectivity index (χ4n) is 2.93. The molecule has 1 aliphatic carbocycles. The van der Waals surface area contributed by atoms with Crippen LogP contribution in [0.25, 0.3) is 0 Å². The molecule has 1 N–H and O–H groups in total. The summed E-state index contributed by atoms with van der Waals surface area (Å²) in [7, 11) is 1.56. The monoisotopic (exact) mass is 303 g/mol. The lowest BCUT2D eigenvalue weighted by Gasteiger charge is -2.23. The molecule has 21 heavy (non-hydrogen) atoms. The van der Waals surface area contributed by atoms with E-state index in [2.05, 4.69) is 23.2 Å². The van der Waals surface area contributed by atoms with Crippen LogP contribution < -0.4 is 0 Å². The van der Waals surface area contributed by atoms with Crippen LogP contribution in [0.3, 0.4) is 0 Å². The van der Waals surface area contributed by atoms with Crippen molar-refractivity contribution in [3.63, 3.8) is 0 Å². The standard InChI is InChI=1S/C16H17NO3S/c1-20-9-13-14(16(18)19)21-15(17-13)12-8-4-6-10-5-2-3-7-11(10)12/h2-3,5,7,12H,4,6,8-9H2,1H3,(H,18,19). The zero-order valence-electron chi connectivity index (χ0n) is 11.8. The second-order valence-corrected chi connectivity index (χ2v) is 6.24. The lowest BCUT2D eigenvalue weighted by molar-refractivity contribution is 0.0697. The number of carbonyl (C=O) groups is 1. The van der Waals surface area contributed by atoms with E-state index in [0.29, 0.717) is 10.6 Å². The van der Waals surface area contributed by atoms with Crippen molar-refractivity contribution in [2.45, 2.75) is 31.8 Å². The van der Waals surface area contributed by atoms with E-state index < -0.39 is 5.97 Å². The number of aromatic carboxylic acids is 1. The lowest BCUT2D eigenvalue weighted by atomic mass is 9.83. The van der Waals surface area contributed by atoms with Gasteiger partial charge in [0.2, 0.25) is 0 Å². The predicted molar refractivity (Wildman–Crippen MR) is 81.0 cm³/mol. The third-order valence-electron chi connectivity index (χ3n) is 3.86. The molecule has 4 nitrogen and oxygen atoms in total. The topological polar surface area (TPSA) is 59.4 Å². The van der Waals surface area contributed by atoms with E-state index in [4.69, 9.17) is 4.74 Å². The fourth-order valence-corrected chi connectivity index (χ4v) is 3.99. The van der Waals surface area contributed by atoms with Crippen molar-refractivity contribution in [1.29, 1.82) is 0 Å². The number of hydrogen-bond acceptors (Lipinski definition) is 4. The molecule has 0 radical (unpaired) electrons. The first kappa shape index (κ1) is 14.2. The summed E-state index contributed by atoms with van der Waals surface area (Å²) in [6.07, 6.45) is 3.23. The first-order valence-corrected chi connectivity index (χ1v) is 7.82. The molecule has 2 aromatic rings. The number of nitrogens with zero attached hydrogens (tertiary/aromatic N) is 1. The number of methoxy groups -OCH3 is 1. The van der Waals surface area contributed by atoms with Crippen LogP contribution in [0.4, 0.5) is 0 Å². The third-order valence-corrected chi connectivity index (χ3v) is 5.06. The predicted octanol–water partition coefficient (Wildman–Crippen LogP) is 3.46. The summed E-state index contributed by atoms with van der Waals surface area (Å²) in [6.45, 7) is 0.243. The van der Waals surface area contributed by atoms with Crippen LogP contribution >= 0.6 is 11.3 Å². The van der Waals surface area contributed by atoms with Crippen molar-refractivity contribution in [2.24, 2.45) is 0 Å². The van der Waals surface area contributed by atoms with E-state index in [0.717, 1.165) is 24.3 Å². The molecule has 0 saturated carbocycles. The minimum atomic E-state index is -0.921. The maximum absolute atomic E-state index is 11.4. The number of aryl methyl sites for hydroxylation is 1. The molecule has 1 aromatic carbocycles. The van der Waals surface area contributed by atoms with E-state index in [1.165, 1.54) is 22.5 Å². The van der Waals surface area contributed by atoms with Crippen molar-refractivity contribution in [2.75, 3.05) is 7.11 Å². The molecule has 0 amide bonds. The van der Waals surface area contributed by atoms with E-state index in [1.54, 1.807) is 7.11 Å². The Bertz CT molecular complexity index is 665. The number of carboxylic acid groups (broad SMARTS) is 1. The van der Waals surface area contributed by atoms with Crippen molar-refractivity contribution in [3.8, 4) is 0 Å². The van der Waals surface area contributed by atoms with Crippen LogP contribution in [0, 0.1) is 0 Å². The Morgan fingerprint density at radius 1 is 1.48 bits per heavy atom. The highest BCUT2D eigenvalue weighted by Crippen LogP contribution is 2.39. The normalized spacial score (nSPS) is 17.5. The zero-order chi connectivity index (χ0) is 14.8. The van der Waals surface area contributed by atoms with Gasteiger partial charge in [0.25, 0.3) is 0 Å². The number of carboxylic acids is 1. The molecule has 0 fully saturated rings. The van der Waals surface area contributed by atoms with Gasteiger partial charge in [0.05, 0.1) is 12.3 Å². The molecular weight excluding hydrogens is 286 g/mol. The van der Waals surface area contributed by atoms with Crippen LogP contribution in [-0.2, 0) is 17.8 Å². The minimum Gasteiger partial charge on any atom is -0.477 e. The smallest absolute Gasteiger partial charge is 0.347 e. The molecule has 1 unspecified atom stereocenters. The van der Waals surface area contributed by atoms with Gasteiger partial charge in [0.1, 0.15) is 9.88 Å². The third kappa shape index (κ3) is 2.71. The van der Waals surface area contributed by atoms with Crippen LogP contribution in [0.1, 0.15) is 50.3 Å². The van der Waals surface area contributed by atoms with Crippen LogP contribution in [0.5, 0.6) is 0 Å².